The SMILES string of the molecule is COc1cc2c(c(Cl)c1OC)CCNCC2c1cc(C(C)C)cs1.Cl. The number of halogens is 2. The Kier molecular flexibility index (Phi) is 7.03. The number of nitrogens with one attached hydrogen (secondary N) is 1. The first-order valence-corrected chi connectivity index (χ1v) is 9.54. The van der Waals surface area contributed by atoms with Crippen LogP contribution < -0.4 is 14.8 Å². The van der Waals surface area contributed by atoms with Gasteiger partial charge in [0.05, 0.1) is 19.2 Å². The molecule has 3 rings (SSSR count). The number of hydrogen-bond donors (Lipinski definition) is 1. The van der Waals surface area contributed by atoms with E-state index in [2.05, 4.69) is 36.7 Å². The average molecular weight is 402 g/mol. The van der Waals surface area contributed by atoms with Gasteiger partial charge in [-0.15, -0.1) is 23.7 Å². The van der Waals surface area contributed by atoms with E-state index in [9.17, 15) is 0 Å². The van der Waals surface area contributed by atoms with Crippen LogP contribution in [0.15, 0.2) is 17.5 Å². The van der Waals surface area contributed by atoms with Crippen LogP contribution >= 0.6 is 35.3 Å². The van der Waals surface area contributed by atoms with Gasteiger partial charge < -0.3 is 14.8 Å². The number of rotatable bonds is 4. The van der Waals surface area contributed by atoms with E-state index in [0.29, 0.717) is 22.4 Å². The maximum Gasteiger partial charge on any atom is 0.179 e. The molecule has 2 heterocycles. The molecule has 0 bridgehead atoms. The van der Waals surface area contributed by atoms with Crippen molar-refractivity contribution >= 4 is 35.3 Å². The van der Waals surface area contributed by atoms with E-state index in [0.717, 1.165) is 19.5 Å². The summed E-state index contributed by atoms with van der Waals surface area (Å²) < 4.78 is 11.0. The fourth-order valence-corrected chi connectivity index (χ4v) is 4.82. The zero-order chi connectivity index (χ0) is 17.3. The minimum Gasteiger partial charge on any atom is -0.493 e. The van der Waals surface area contributed by atoms with Crippen LogP contribution in [-0.2, 0) is 6.42 Å². The largest absolute Gasteiger partial charge is 0.493 e. The summed E-state index contributed by atoms with van der Waals surface area (Å²) in [5.74, 6) is 2.17. The quantitative estimate of drug-likeness (QED) is 0.759. The Morgan fingerprint density at radius 1 is 1.24 bits per heavy atom. The maximum absolute atomic E-state index is 6.66. The van der Waals surface area contributed by atoms with E-state index in [1.165, 1.54) is 21.6 Å². The highest BCUT2D eigenvalue weighted by Crippen LogP contribution is 2.44. The lowest BCUT2D eigenvalue weighted by Crippen LogP contribution is -2.20. The first-order chi connectivity index (χ1) is 11.6. The van der Waals surface area contributed by atoms with E-state index in [-0.39, 0.29) is 18.3 Å². The predicted molar refractivity (Wildman–Crippen MR) is 109 cm³/mol. The van der Waals surface area contributed by atoms with E-state index in [4.69, 9.17) is 21.1 Å². The normalized spacial score (nSPS) is 16.8. The highest BCUT2D eigenvalue weighted by atomic mass is 35.5. The molecule has 1 unspecified atom stereocenters. The lowest BCUT2D eigenvalue weighted by atomic mass is 9.91. The van der Waals surface area contributed by atoms with Crippen LogP contribution in [0.4, 0.5) is 0 Å². The maximum atomic E-state index is 6.66. The molecule has 0 fully saturated rings. The number of thiophene rings is 1. The molecule has 1 atom stereocenters. The zero-order valence-electron chi connectivity index (χ0n) is 15.0. The van der Waals surface area contributed by atoms with Crippen LogP contribution in [0, 0.1) is 0 Å². The zero-order valence-corrected chi connectivity index (χ0v) is 17.4. The summed E-state index contributed by atoms with van der Waals surface area (Å²) in [6, 6.07) is 4.44. The molecule has 0 spiro atoms. The smallest absolute Gasteiger partial charge is 0.179 e. The van der Waals surface area contributed by atoms with Crippen molar-refractivity contribution in [2.75, 3.05) is 27.3 Å². The summed E-state index contributed by atoms with van der Waals surface area (Å²) in [6.45, 7) is 6.30. The highest BCUT2D eigenvalue weighted by molar-refractivity contribution is 7.10. The van der Waals surface area contributed by atoms with E-state index in [1.807, 2.05) is 11.3 Å². The first-order valence-electron chi connectivity index (χ1n) is 8.29. The monoisotopic (exact) mass is 401 g/mol. The van der Waals surface area contributed by atoms with Crippen LogP contribution in [0.25, 0.3) is 0 Å². The molecule has 138 valence electrons. The second-order valence-corrected chi connectivity index (χ2v) is 7.76. The molecule has 0 radical (unpaired) electrons. The molecule has 0 aliphatic carbocycles. The van der Waals surface area contributed by atoms with Crippen molar-refractivity contribution in [1.82, 2.24) is 5.32 Å². The van der Waals surface area contributed by atoms with Gasteiger partial charge in [-0.25, -0.2) is 0 Å². The van der Waals surface area contributed by atoms with Crippen molar-refractivity contribution in [2.24, 2.45) is 0 Å². The van der Waals surface area contributed by atoms with E-state index >= 15 is 0 Å². The van der Waals surface area contributed by atoms with Gasteiger partial charge in [-0.2, -0.15) is 0 Å². The van der Waals surface area contributed by atoms with Crippen molar-refractivity contribution in [3.63, 3.8) is 0 Å². The Morgan fingerprint density at radius 3 is 2.60 bits per heavy atom. The average Bonchev–Trinajstić information content (AvgIpc) is 2.96. The number of benzene rings is 1. The van der Waals surface area contributed by atoms with Gasteiger partial charge in [0.1, 0.15) is 0 Å². The fourth-order valence-electron chi connectivity index (χ4n) is 3.25. The van der Waals surface area contributed by atoms with Crippen molar-refractivity contribution < 1.29 is 9.47 Å². The summed E-state index contributed by atoms with van der Waals surface area (Å²) in [6.07, 6.45) is 0.896. The first kappa shape index (κ1) is 20.4. The third-order valence-corrected chi connectivity index (χ3v) is 6.14. The molecule has 0 saturated carbocycles. The predicted octanol–water partition coefficient (Wildman–Crippen LogP) is 5.24. The molecule has 0 amide bonds. The molecule has 25 heavy (non-hydrogen) atoms. The third-order valence-electron chi connectivity index (χ3n) is 4.67. The molecule has 3 nitrogen and oxygen atoms in total. The standard InChI is InChI=1S/C19H24ClNO2S.ClH/c1-11(2)12-7-17(24-10-12)15-9-21-6-5-13-14(15)8-16(22-3)19(23-4)18(13)20;/h7-8,10-11,15,21H,5-6,9H2,1-4H3;1H. The summed E-state index contributed by atoms with van der Waals surface area (Å²) in [7, 11) is 3.29. The second-order valence-electron chi connectivity index (χ2n) is 6.44. The highest BCUT2D eigenvalue weighted by Gasteiger charge is 2.27. The Labute approximate surface area is 165 Å². The molecule has 0 saturated heterocycles. The Balaban J connectivity index is 0.00000225. The van der Waals surface area contributed by atoms with Crippen molar-refractivity contribution in [3.8, 4) is 11.5 Å². The lowest BCUT2D eigenvalue weighted by Gasteiger charge is -2.20. The van der Waals surface area contributed by atoms with E-state index in [1.54, 1.807) is 14.2 Å². The van der Waals surface area contributed by atoms with Crippen LogP contribution in [-0.4, -0.2) is 27.3 Å². The Bertz CT molecular complexity index is 730. The Hall–Kier alpha value is -0.940. The molecule has 1 aliphatic rings. The fraction of sp³-hybridized carbons (Fsp3) is 0.474. The van der Waals surface area contributed by atoms with Crippen molar-refractivity contribution in [3.05, 3.63) is 44.1 Å². The molecule has 1 N–H and O–H groups in total. The van der Waals surface area contributed by atoms with Gasteiger partial charge in [-0.05, 0) is 53.1 Å². The minimum absolute atomic E-state index is 0. The number of fused-ring (bicyclic) bond motifs is 1. The number of hydrogen-bond acceptors (Lipinski definition) is 4. The Morgan fingerprint density at radius 2 is 2.00 bits per heavy atom. The third kappa shape index (κ3) is 3.92. The molecular formula is C19H25Cl2NO2S. The van der Waals surface area contributed by atoms with Crippen LogP contribution in [0.3, 0.4) is 0 Å². The molecular weight excluding hydrogens is 377 g/mol. The van der Waals surface area contributed by atoms with Crippen LogP contribution in [0.2, 0.25) is 5.02 Å². The molecule has 1 aliphatic heterocycles. The van der Waals surface area contributed by atoms with Gasteiger partial charge in [0.2, 0.25) is 0 Å². The topological polar surface area (TPSA) is 30.5 Å². The summed E-state index contributed by atoms with van der Waals surface area (Å²) in [5.41, 5.74) is 3.82. The van der Waals surface area contributed by atoms with Crippen molar-refractivity contribution in [2.45, 2.75) is 32.1 Å². The second kappa shape index (κ2) is 8.63. The molecule has 6 heteroatoms. The number of ether oxygens (including phenoxy) is 2. The van der Waals surface area contributed by atoms with Gasteiger partial charge >= 0.3 is 0 Å². The van der Waals surface area contributed by atoms with Crippen molar-refractivity contribution in [1.29, 1.82) is 0 Å². The van der Waals surface area contributed by atoms with Gasteiger partial charge in [0.15, 0.2) is 11.5 Å². The van der Waals surface area contributed by atoms with Crippen LogP contribution in [0.5, 0.6) is 11.5 Å². The number of methoxy groups -OCH3 is 2. The van der Waals surface area contributed by atoms with Crippen LogP contribution in [0.1, 0.15) is 47.3 Å². The minimum atomic E-state index is 0. The molecule has 2 aromatic rings. The van der Waals surface area contributed by atoms with Gasteiger partial charge in [0, 0.05) is 17.3 Å². The van der Waals surface area contributed by atoms with Gasteiger partial charge in [-0.1, -0.05) is 25.4 Å². The summed E-state index contributed by atoms with van der Waals surface area (Å²) in [4.78, 5) is 1.37. The summed E-state index contributed by atoms with van der Waals surface area (Å²) >= 11 is 8.49. The molecule has 1 aromatic carbocycles. The van der Waals surface area contributed by atoms with Gasteiger partial charge in [0.25, 0.3) is 0 Å². The van der Waals surface area contributed by atoms with Gasteiger partial charge in [-0.3, -0.25) is 0 Å². The van der Waals surface area contributed by atoms with E-state index < -0.39 is 0 Å². The molecule has 1 aromatic heterocycles. The summed E-state index contributed by atoms with van der Waals surface area (Å²) in [5, 5.41) is 6.50. The lowest BCUT2D eigenvalue weighted by molar-refractivity contribution is 0.354.